The molecule has 0 radical (unpaired) electrons. The van der Waals surface area contributed by atoms with Crippen molar-refractivity contribution in [2.45, 2.75) is 19.3 Å². The molecule has 3 aromatic rings. The van der Waals surface area contributed by atoms with Crippen LogP contribution < -0.4 is 4.90 Å². The molecule has 0 N–H and O–H groups in total. The molecule has 2 aromatic carbocycles. The van der Waals surface area contributed by atoms with Gasteiger partial charge in [-0.1, -0.05) is 35.3 Å². The van der Waals surface area contributed by atoms with Crippen LogP contribution in [0.5, 0.6) is 0 Å². The molecule has 5 nitrogen and oxygen atoms in total. The maximum Gasteiger partial charge on any atom is 0.249 e. The van der Waals surface area contributed by atoms with E-state index in [4.69, 9.17) is 23.2 Å². The first kappa shape index (κ1) is 21.0. The first-order chi connectivity index (χ1) is 14.7. The molecular formula is C24H17Cl2N3O2. The molecule has 1 saturated heterocycles. The van der Waals surface area contributed by atoms with Crippen LogP contribution in [0.15, 0.2) is 67.0 Å². The Balaban J connectivity index is 2.03. The fourth-order valence-corrected chi connectivity index (χ4v) is 4.92. The molecule has 4 rings (SSSR count). The number of nitrogens with zero attached hydrogens (tertiary/aromatic N) is 3. The minimum Gasteiger partial charge on any atom is -0.273 e. The molecule has 2 amide bonds. The Morgan fingerprint density at radius 2 is 1.42 bits per heavy atom. The summed E-state index contributed by atoms with van der Waals surface area (Å²) in [4.78, 5) is 33.1. The van der Waals surface area contributed by atoms with Crippen molar-refractivity contribution in [2.75, 3.05) is 4.90 Å². The Bertz CT molecular complexity index is 1210. The van der Waals surface area contributed by atoms with E-state index >= 15 is 0 Å². The number of anilines is 1. The molecule has 1 aromatic heterocycles. The van der Waals surface area contributed by atoms with Gasteiger partial charge in [0.25, 0.3) is 0 Å². The number of nitriles is 1. The molecule has 154 valence electrons. The number of carbonyl (C=O) groups is 2. The number of aromatic nitrogens is 1. The summed E-state index contributed by atoms with van der Waals surface area (Å²) >= 11 is 12.3. The van der Waals surface area contributed by atoms with E-state index in [9.17, 15) is 14.9 Å². The van der Waals surface area contributed by atoms with Gasteiger partial charge in [0.2, 0.25) is 11.8 Å². The summed E-state index contributed by atoms with van der Waals surface area (Å²) in [5.41, 5.74) is -0.487. The minimum absolute atomic E-state index is 0.310. The summed E-state index contributed by atoms with van der Waals surface area (Å²) in [6, 6.07) is 16.9. The van der Waals surface area contributed by atoms with Gasteiger partial charge in [-0.2, -0.15) is 5.26 Å². The van der Waals surface area contributed by atoms with Gasteiger partial charge in [-0.05, 0) is 67.4 Å². The zero-order chi connectivity index (χ0) is 22.4. The SMILES string of the molecule is CC1(C)C(=O)N(c2cc(Cl)cc(Cl)c2)C(=O)[C@@]1(c1ccncc1)c1ccc(C#N)cc1. The standard InChI is InChI=1S/C24H17Cl2N3O2/c1-23(2)21(30)29(20-12-18(25)11-19(26)13-20)22(31)24(23,17-7-9-28-10-8-17)16-5-3-15(14-27)4-6-16/h3-13H,1-2H3/t24-/m0/s1. The Labute approximate surface area is 189 Å². The third kappa shape index (κ3) is 3.03. The molecule has 0 unspecified atom stereocenters. The van der Waals surface area contributed by atoms with E-state index < -0.39 is 16.7 Å². The summed E-state index contributed by atoms with van der Waals surface area (Å²) < 4.78 is 0. The molecule has 1 aliphatic heterocycles. The first-order valence-electron chi connectivity index (χ1n) is 9.49. The van der Waals surface area contributed by atoms with E-state index in [0.717, 1.165) is 4.90 Å². The zero-order valence-corrected chi connectivity index (χ0v) is 18.3. The highest BCUT2D eigenvalue weighted by molar-refractivity contribution is 6.36. The smallest absolute Gasteiger partial charge is 0.249 e. The highest BCUT2D eigenvalue weighted by Crippen LogP contribution is 2.55. The van der Waals surface area contributed by atoms with E-state index in [1.807, 2.05) is 0 Å². The minimum atomic E-state index is -1.34. The normalized spacial score (nSPS) is 20.0. The Morgan fingerprint density at radius 1 is 0.871 bits per heavy atom. The van der Waals surface area contributed by atoms with Crippen molar-refractivity contribution in [3.8, 4) is 6.07 Å². The highest BCUT2D eigenvalue weighted by atomic mass is 35.5. The van der Waals surface area contributed by atoms with Gasteiger partial charge in [0.1, 0.15) is 5.41 Å². The number of carbonyl (C=O) groups excluding carboxylic acids is 2. The number of halogens is 2. The lowest BCUT2D eigenvalue weighted by Gasteiger charge is -2.37. The van der Waals surface area contributed by atoms with Crippen LogP contribution in [0.1, 0.15) is 30.5 Å². The second kappa shape index (κ2) is 7.49. The third-order valence-corrected chi connectivity index (χ3v) is 6.30. The Morgan fingerprint density at radius 3 is 1.97 bits per heavy atom. The van der Waals surface area contributed by atoms with Gasteiger partial charge in [0.05, 0.1) is 22.7 Å². The summed E-state index contributed by atoms with van der Waals surface area (Å²) in [7, 11) is 0. The van der Waals surface area contributed by atoms with Crippen LogP contribution in [0.2, 0.25) is 10.0 Å². The topological polar surface area (TPSA) is 74.1 Å². The lowest BCUT2D eigenvalue weighted by Crippen LogP contribution is -2.46. The maximum absolute atomic E-state index is 14.2. The van der Waals surface area contributed by atoms with Crippen molar-refractivity contribution in [1.82, 2.24) is 4.98 Å². The summed E-state index contributed by atoms with van der Waals surface area (Å²) in [6.07, 6.45) is 3.18. The largest absolute Gasteiger partial charge is 0.273 e. The van der Waals surface area contributed by atoms with Gasteiger partial charge in [0, 0.05) is 22.4 Å². The van der Waals surface area contributed by atoms with Crippen molar-refractivity contribution in [3.63, 3.8) is 0 Å². The fraction of sp³-hybridized carbons (Fsp3) is 0.167. The number of hydrogen-bond donors (Lipinski definition) is 0. The van der Waals surface area contributed by atoms with Gasteiger partial charge in [0.15, 0.2) is 0 Å². The first-order valence-corrected chi connectivity index (χ1v) is 10.3. The molecule has 1 aliphatic rings. The average Bonchev–Trinajstić information content (AvgIpc) is 2.90. The predicted molar refractivity (Wildman–Crippen MR) is 119 cm³/mol. The lowest BCUT2D eigenvalue weighted by atomic mass is 9.60. The summed E-state index contributed by atoms with van der Waals surface area (Å²) in [6.45, 7) is 3.50. The number of imide groups is 1. The van der Waals surface area contributed by atoms with Crippen LogP contribution >= 0.6 is 23.2 Å². The van der Waals surface area contributed by atoms with Gasteiger partial charge in [-0.15, -0.1) is 0 Å². The van der Waals surface area contributed by atoms with Crippen LogP contribution in [-0.2, 0) is 15.0 Å². The second-order valence-electron chi connectivity index (χ2n) is 7.87. The molecule has 0 bridgehead atoms. The third-order valence-electron chi connectivity index (χ3n) is 5.87. The lowest BCUT2D eigenvalue weighted by molar-refractivity contribution is -0.125. The summed E-state index contributed by atoms with van der Waals surface area (Å²) in [5, 5.41) is 9.84. The molecule has 7 heteroatoms. The number of benzene rings is 2. The highest BCUT2D eigenvalue weighted by Gasteiger charge is 2.66. The van der Waals surface area contributed by atoms with Crippen LogP contribution in [0, 0.1) is 16.7 Å². The van der Waals surface area contributed by atoms with Crippen LogP contribution in [-0.4, -0.2) is 16.8 Å². The van der Waals surface area contributed by atoms with Gasteiger partial charge in [-0.25, -0.2) is 4.90 Å². The zero-order valence-electron chi connectivity index (χ0n) is 16.8. The van der Waals surface area contributed by atoms with E-state index in [2.05, 4.69) is 11.1 Å². The molecule has 0 aliphatic carbocycles. The second-order valence-corrected chi connectivity index (χ2v) is 8.75. The molecular weight excluding hydrogens is 433 g/mol. The molecule has 0 spiro atoms. The molecule has 1 fully saturated rings. The Hall–Kier alpha value is -3.20. The van der Waals surface area contributed by atoms with Crippen molar-refractivity contribution in [1.29, 1.82) is 5.26 Å². The van der Waals surface area contributed by atoms with Crippen LogP contribution in [0.25, 0.3) is 0 Å². The Kier molecular flexibility index (Phi) is 5.09. The molecule has 0 saturated carbocycles. The van der Waals surface area contributed by atoms with Gasteiger partial charge in [-0.3, -0.25) is 14.6 Å². The van der Waals surface area contributed by atoms with E-state index in [-0.39, 0.29) is 5.91 Å². The summed E-state index contributed by atoms with van der Waals surface area (Å²) in [5.74, 6) is -0.797. The predicted octanol–water partition coefficient (Wildman–Crippen LogP) is 5.15. The fourth-order valence-electron chi connectivity index (χ4n) is 4.40. The van der Waals surface area contributed by atoms with Crippen molar-refractivity contribution in [2.24, 2.45) is 5.41 Å². The van der Waals surface area contributed by atoms with Gasteiger partial charge < -0.3 is 0 Å². The quantitative estimate of drug-likeness (QED) is 0.518. The van der Waals surface area contributed by atoms with Gasteiger partial charge >= 0.3 is 0 Å². The number of hydrogen-bond acceptors (Lipinski definition) is 4. The molecule has 2 heterocycles. The van der Waals surface area contributed by atoms with Crippen molar-refractivity contribution in [3.05, 3.63) is 93.7 Å². The van der Waals surface area contributed by atoms with E-state index in [0.29, 0.717) is 32.4 Å². The van der Waals surface area contributed by atoms with E-state index in [1.165, 1.54) is 0 Å². The number of pyridine rings is 1. The van der Waals surface area contributed by atoms with Crippen LogP contribution in [0.3, 0.4) is 0 Å². The number of rotatable bonds is 3. The molecule has 31 heavy (non-hydrogen) atoms. The maximum atomic E-state index is 14.2. The average molecular weight is 450 g/mol. The van der Waals surface area contributed by atoms with E-state index in [1.54, 1.807) is 80.8 Å². The van der Waals surface area contributed by atoms with Crippen molar-refractivity contribution >= 4 is 40.7 Å². The molecule has 1 atom stereocenters. The monoisotopic (exact) mass is 449 g/mol. The van der Waals surface area contributed by atoms with Crippen molar-refractivity contribution < 1.29 is 9.59 Å². The number of amides is 2. The van der Waals surface area contributed by atoms with Crippen LogP contribution in [0.4, 0.5) is 5.69 Å².